The molecule has 0 bridgehead atoms. The number of carboxylic acids is 1. The molecule has 0 aliphatic carbocycles. The number of carboxylic acid groups (broad SMARTS) is 1. The summed E-state index contributed by atoms with van der Waals surface area (Å²) in [7, 11) is 0. The highest BCUT2D eigenvalue weighted by molar-refractivity contribution is 5.79. The van der Waals surface area contributed by atoms with Gasteiger partial charge in [-0.2, -0.15) is 0 Å². The van der Waals surface area contributed by atoms with Gasteiger partial charge in [-0.15, -0.1) is 0 Å². The molecule has 2 N–H and O–H groups in total. The fourth-order valence-corrected chi connectivity index (χ4v) is 1.75. The van der Waals surface area contributed by atoms with Gasteiger partial charge in [0.1, 0.15) is 18.2 Å². The summed E-state index contributed by atoms with van der Waals surface area (Å²) < 4.78 is 18.2. The third-order valence-corrected chi connectivity index (χ3v) is 2.90. The second-order valence-electron chi connectivity index (χ2n) is 5.05. The van der Waals surface area contributed by atoms with E-state index in [-0.39, 0.29) is 44.0 Å². The monoisotopic (exact) mass is 312 g/mol. The van der Waals surface area contributed by atoms with Crippen LogP contribution in [0.2, 0.25) is 0 Å². The Kier molecular flexibility index (Phi) is 7.31. The quantitative estimate of drug-likeness (QED) is 0.668. The van der Waals surface area contributed by atoms with Crippen molar-refractivity contribution in [3.8, 4) is 5.75 Å². The Hall–Kier alpha value is -2.15. The first kappa shape index (κ1) is 17.9. The molecule has 0 unspecified atom stereocenters. The second-order valence-corrected chi connectivity index (χ2v) is 5.05. The molecule has 0 aromatic heterocycles. The van der Waals surface area contributed by atoms with Crippen LogP contribution in [0.4, 0.5) is 4.39 Å². The number of nitrogens with zero attached hydrogens (tertiary/aromatic N) is 1. The first-order valence-corrected chi connectivity index (χ1v) is 6.99. The maximum Gasteiger partial charge on any atom is 0.317 e. The van der Waals surface area contributed by atoms with E-state index in [1.807, 2.05) is 13.8 Å². The molecular weight excluding hydrogens is 291 g/mol. The molecule has 1 amide bonds. The Morgan fingerprint density at radius 2 is 2.09 bits per heavy atom. The van der Waals surface area contributed by atoms with Gasteiger partial charge in [0.25, 0.3) is 0 Å². The number of hydrogen-bond acceptors (Lipinski definition) is 4. The number of carbonyl (C=O) groups excluding carboxylic acids is 1. The molecule has 0 aliphatic heterocycles. The van der Waals surface area contributed by atoms with E-state index in [0.717, 1.165) is 0 Å². The third kappa shape index (κ3) is 7.03. The van der Waals surface area contributed by atoms with Crippen LogP contribution >= 0.6 is 0 Å². The number of halogens is 1. The Morgan fingerprint density at radius 3 is 2.68 bits per heavy atom. The SMILES string of the molecule is CC(C)N(CC(=O)O)CC(=O)NCCOc1cccc(F)c1. The van der Waals surface area contributed by atoms with Crippen molar-refractivity contribution in [3.63, 3.8) is 0 Å². The van der Waals surface area contributed by atoms with Crippen LogP contribution in [0.1, 0.15) is 13.8 Å². The summed E-state index contributed by atoms with van der Waals surface area (Å²) in [6.07, 6.45) is 0. The van der Waals surface area contributed by atoms with Gasteiger partial charge in [-0.3, -0.25) is 14.5 Å². The third-order valence-electron chi connectivity index (χ3n) is 2.90. The summed E-state index contributed by atoms with van der Waals surface area (Å²) in [6, 6.07) is 5.69. The van der Waals surface area contributed by atoms with Crippen LogP contribution in [0.3, 0.4) is 0 Å². The first-order valence-electron chi connectivity index (χ1n) is 6.99. The number of rotatable bonds is 9. The number of benzene rings is 1. The van der Waals surface area contributed by atoms with Gasteiger partial charge in [0.2, 0.25) is 5.91 Å². The van der Waals surface area contributed by atoms with E-state index in [9.17, 15) is 14.0 Å². The molecule has 0 radical (unpaired) electrons. The van der Waals surface area contributed by atoms with Gasteiger partial charge in [0.15, 0.2) is 0 Å². The average Bonchev–Trinajstić information content (AvgIpc) is 2.42. The van der Waals surface area contributed by atoms with Crippen LogP contribution < -0.4 is 10.1 Å². The number of ether oxygens (including phenoxy) is 1. The molecule has 122 valence electrons. The minimum atomic E-state index is -0.976. The normalized spacial score (nSPS) is 10.8. The second kappa shape index (κ2) is 8.99. The lowest BCUT2D eigenvalue weighted by molar-refractivity contribution is -0.139. The maximum absolute atomic E-state index is 12.9. The molecule has 1 rings (SSSR count). The minimum absolute atomic E-state index is 0.00390. The van der Waals surface area contributed by atoms with Gasteiger partial charge < -0.3 is 15.2 Å². The number of amides is 1. The van der Waals surface area contributed by atoms with Gasteiger partial charge in [-0.1, -0.05) is 6.07 Å². The number of carbonyl (C=O) groups is 2. The minimum Gasteiger partial charge on any atom is -0.492 e. The Labute approximate surface area is 128 Å². The van der Waals surface area contributed by atoms with Gasteiger partial charge in [-0.25, -0.2) is 4.39 Å². The van der Waals surface area contributed by atoms with Crippen molar-refractivity contribution in [1.82, 2.24) is 10.2 Å². The zero-order valence-corrected chi connectivity index (χ0v) is 12.7. The fraction of sp³-hybridized carbons (Fsp3) is 0.467. The molecule has 1 aromatic rings. The Morgan fingerprint density at radius 1 is 1.36 bits per heavy atom. The van der Waals surface area contributed by atoms with Gasteiger partial charge >= 0.3 is 5.97 Å². The molecule has 6 nitrogen and oxygen atoms in total. The zero-order chi connectivity index (χ0) is 16.5. The van der Waals surface area contributed by atoms with Crippen LogP contribution in [-0.4, -0.2) is 54.2 Å². The average molecular weight is 312 g/mol. The van der Waals surface area contributed by atoms with Gasteiger partial charge in [0.05, 0.1) is 19.6 Å². The van der Waals surface area contributed by atoms with E-state index in [1.54, 1.807) is 11.0 Å². The van der Waals surface area contributed by atoms with Crippen LogP contribution in [0.25, 0.3) is 0 Å². The van der Waals surface area contributed by atoms with E-state index in [0.29, 0.717) is 5.75 Å². The largest absolute Gasteiger partial charge is 0.492 e. The van der Waals surface area contributed by atoms with Crippen molar-refractivity contribution < 1.29 is 23.8 Å². The molecule has 0 saturated carbocycles. The summed E-state index contributed by atoms with van der Waals surface area (Å²) in [5.41, 5.74) is 0. The van der Waals surface area contributed by atoms with Crippen LogP contribution in [0, 0.1) is 5.82 Å². The standard InChI is InChI=1S/C15H21FN2O4/c1-11(2)18(10-15(20)21)9-14(19)17-6-7-22-13-5-3-4-12(16)8-13/h3-5,8,11H,6-7,9-10H2,1-2H3,(H,17,19)(H,20,21). The fourth-order valence-electron chi connectivity index (χ4n) is 1.75. The zero-order valence-electron chi connectivity index (χ0n) is 12.7. The molecule has 0 aliphatic rings. The molecule has 0 fully saturated rings. The lowest BCUT2D eigenvalue weighted by Gasteiger charge is -2.23. The molecule has 0 heterocycles. The highest BCUT2D eigenvalue weighted by atomic mass is 19.1. The van der Waals surface area contributed by atoms with Crippen LogP contribution in [0.5, 0.6) is 5.75 Å². The lowest BCUT2D eigenvalue weighted by Crippen LogP contribution is -2.44. The van der Waals surface area contributed by atoms with E-state index >= 15 is 0 Å². The molecule has 22 heavy (non-hydrogen) atoms. The van der Waals surface area contributed by atoms with E-state index < -0.39 is 5.97 Å². The van der Waals surface area contributed by atoms with E-state index in [2.05, 4.69) is 5.32 Å². The van der Waals surface area contributed by atoms with E-state index in [4.69, 9.17) is 9.84 Å². The molecule has 7 heteroatoms. The predicted octanol–water partition coefficient (Wildman–Crippen LogP) is 1.12. The predicted molar refractivity (Wildman–Crippen MR) is 79.2 cm³/mol. The van der Waals surface area contributed by atoms with Crippen molar-refractivity contribution in [2.24, 2.45) is 0 Å². The highest BCUT2D eigenvalue weighted by Gasteiger charge is 2.16. The summed E-state index contributed by atoms with van der Waals surface area (Å²) in [4.78, 5) is 24.0. The molecule has 0 atom stereocenters. The Bertz CT molecular complexity index is 508. The smallest absolute Gasteiger partial charge is 0.317 e. The van der Waals surface area contributed by atoms with Gasteiger partial charge in [-0.05, 0) is 26.0 Å². The van der Waals surface area contributed by atoms with Crippen molar-refractivity contribution in [2.75, 3.05) is 26.2 Å². The molecular formula is C15H21FN2O4. The Balaban J connectivity index is 2.29. The van der Waals surface area contributed by atoms with Crippen molar-refractivity contribution in [2.45, 2.75) is 19.9 Å². The first-order chi connectivity index (χ1) is 10.4. The van der Waals surface area contributed by atoms with Crippen LogP contribution in [-0.2, 0) is 9.59 Å². The lowest BCUT2D eigenvalue weighted by atomic mass is 10.3. The van der Waals surface area contributed by atoms with Crippen LogP contribution in [0.15, 0.2) is 24.3 Å². The van der Waals surface area contributed by atoms with Crippen molar-refractivity contribution in [3.05, 3.63) is 30.1 Å². The summed E-state index contributed by atoms with van der Waals surface area (Å²) >= 11 is 0. The summed E-state index contributed by atoms with van der Waals surface area (Å²) in [5, 5.41) is 11.4. The maximum atomic E-state index is 12.9. The topological polar surface area (TPSA) is 78.9 Å². The number of nitrogens with one attached hydrogen (secondary N) is 1. The van der Waals surface area contributed by atoms with Crippen molar-refractivity contribution >= 4 is 11.9 Å². The summed E-state index contributed by atoms with van der Waals surface area (Å²) in [5.74, 6) is -1.25. The number of hydrogen-bond donors (Lipinski definition) is 2. The summed E-state index contributed by atoms with van der Waals surface area (Å²) in [6.45, 7) is 3.92. The molecule has 1 aromatic carbocycles. The number of aliphatic carboxylic acids is 1. The highest BCUT2D eigenvalue weighted by Crippen LogP contribution is 2.11. The molecule has 0 spiro atoms. The van der Waals surface area contributed by atoms with Crippen molar-refractivity contribution in [1.29, 1.82) is 0 Å². The molecule has 0 saturated heterocycles. The van der Waals surface area contributed by atoms with E-state index in [1.165, 1.54) is 18.2 Å². The van der Waals surface area contributed by atoms with Gasteiger partial charge in [0, 0.05) is 12.1 Å².